The van der Waals surface area contributed by atoms with Gasteiger partial charge in [-0.15, -0.1) is 0 Å². The minimum Gasteiger partial charge on any atom is -0.308 e. The Balaban J connectivity index is 2.05. The highest BCUT2D eigenvalue weighted by Crippen LogP contribution is 2.40. The molecule has 3 aromatic rings. The minimum absolute atomic E-state index is 0.354. The van der Waals surface area contributed by atoms with Gasteiger partial charge in [-0.25, -0.2) is 0 Å². The largest absolute Gasteiger partial charge is 0.308 e. The molecule has 0 bridgehead atoms. The number of carbonyl (C=O) groups is 2. The number of aromatic nitrogens is 1. The van der Waals surface area contributed by atoms with E-state index in [0.717, 1.165) is 11.4 Å². The predicted octanol–water partition coefficient (Wildman–Crippen LogP) is 4.05. The molecule has 1 aliphatic heterocycles. The molecule has 0 fully saturated rings. The maximum Gasteiger partial charge on any atom is 0.261 e. The van der Waals surface area contributed by atoms with Gasteiger partial charge >= 0.3 is 0 Å². The lowest BCUT2D eigenvalue weighted by Gasteiger charge is -2.28. The minimum atomic E-state index is -0.391. The molecule has 2 heterocycles. The van der Waals surface area contributed by atoms with Crippen LogP contribution in [0.1, 0.15) is 32.1 Å². The Hall–Kier alpha value is -3.47. The number of hydrogen-bond acceptors (Lipinski definition) is 4. The zero-order chi connectivity index (χ0) is 18.3. The molecule has 0 atom stereocenters. The van der Waals surface area contributed by atoms with Crippen molar-refractivity contribution < 1.29 is 9.59 Å². The first-order valence-corrected chi connectivity index (χ1v) is 8.35. The summed E-state index contributed by atoms with van der Waals surface area (Å²) < 4.78 is 0. The summed E-state index contributed by atoms with van der Waals surface area (Å²) in [6, 6.07) is 19.5. The van der Waals surface area contributed by atoms with Gasteiger partial charge in [0.15, 0.2) is 0 Å². The van der Waals surface area contributed by atoms with E-state index >= 15 is 0 Å². The van der Waals surface area contributed by atoms with Gasteiger partial charge in [0, 0.05) is 11.4 Å². The number of rotatable bonds is 3. The molecule has 1 aliphatic rings. The second kappa shape index (κ2) is 6.11. The molecule has 1 aromatic heterocycles. The number of aryl methyl sites for hydroxylation is 2. The third-order valence-electron chi connectivity index (χ3n) is 4.46. The molecule has 5 heteroatoms. The Bertz CT molecular complexity index is 975. The molecule has 0 radical (unpaired) electrons. The van der Waals surface area contributed by atoms with Crippen molar-refractivity contribution in [3.63, 3.8) is 0 Å². The number of para-hydroxylation sites is 2. The zero-order valence-electron chi connectivity index (χ0n) is 14.5. The van der Waals surface area contributed by atoms with E-state index in [0.29, 0.717) is 28.2 Å². The van der Waals surface area contributed by atoms with Gasteiger partial charge in [0.25, 0.3) is 11.8 Å². The molecule has 0 saturated carbocycles. The van der Waals surface area contributed by atoms with Crippen molar-refractivity contribution >= 4 is 28.9 Å². The molecule has 0 unspecified atom stereocenters. The van der Waals surface area contributed by atoms with Gasteiger partial charge in [-0.3, -0.25) is 19.9 Å². The summed E-state index contributed by atoms with van der Waals surface area (Å²) in [7, 11) is 0. The van der Waals surface area contributed by atoms with E-state index in [9.17, 15) is 9.59 Å². The molecule has 26 heavy (non-hydrogen) atoms. The molecular formula is C21H17N3O2. The van der Waals surface area contributed by atoms with Gasteiger partial charge in [0.1, 0.15) is 0 Å². The van der Waals surface area contributed by atoms with Crippen LogP contribution in [-0.2, 0) is 0 Å². The lowest BCUT2D eigenvalue weighted by atomic mass is 10.0. The van der Waals surface area contributed by atoms with E-state index in [4.69, 9.17) is 0 Å². The molecule has 0 saturated heterocycles. The van der Waals surface area contributed by atoms with Gasteiger partial charge in [0.05, 0.1) is 28.2 Å². The van der Waals surface area contributed by atoms with Crippen molar-refractivity contribution in [1.29, 1.82) is 0 Å². The summed E-state index contributed by atoms with van der Waals surface area (Å²) in [4.78, 5) is 31.4. The van der Waals surface area contributed by atoms with Gasteiger partial charge in [-0.05, 0) is 38.1 Å². The van der Waals surface area contributed by atoms with E-state index < -0.39 is 5.91 Å². The van der Waals surface area contributed by atoms with E-state index in [1.54, 1.807) is 6.92 Å². The lowest BCUT2D eigenvalue weighted by Crippen LogP contribution is -2.21. The first-order valence-electron chi connectivity index (χ1n) is 8.35. The van der Waals surface area contributed by atoms with Crippen LogP contribution in [0.3, 0.4) is 0 Å². The first-order chi connectivity index (χ1) is 12.6. The van der Waals surface area contributed by atoms with Crippen LogP contribution in [0.5, 0.6) is 0 Å². The Morgan fingerprint density at radius 1 is 0.731 bits per heavy atom. The first kappa shape index (κ1) is 16.0. The Morgan fingerprint density at radius 2 is 1.23 bits per heavy atom. The van der Waals surface area contributed by atoms with E-state index in [-0.39, 0.29) is 5.91 Å². The fourth-order valence-electron chi connectivity index (χ4n) is 3.40. The number of fused-ring (bicyclic) bond motifs is 1. The van der Waals surface area contributed by atoms with Crippen LogP contribution < -0.4 is 10.2 Å². The van der Waals surface area contributed by atoms with Crippen LogP contribution in [0, 0.1) is 13.8 Å². The smallest absolute Gasteiger partial charge is 0.261 e. The summed E-state index contributed by atoms with van der Waals surface area (Å²) in [5.41, 5.74) is 4.40. The van der Waals surface area contributed by atoms with Crippen molar-refractivity contribution in [2.75, 3.05) is 4.90 Å². The maximum atomic E-state index is 12.6. The SMILES string of the molecule is Cc1nc(C)c(N(c2ccccc2)c2ccccc2)c2c1C(=O)NC2=O. The molecule has 4 rings (SSSR count). The summed E-state index contributed by atoms with van der Waals surface area (Å²) in [6.45, 7) is 3.61. The molecule has 0 aliphatic carbocycles. The van der Waals surface area contributed by atoms with E-state index in [2.05, 4.69) is 10.3 Å². The van der Waals surface area contributed by atoms with Crippen LogP contribution in [0.25, 0.3) is 0 Å². The maximum absolute atomic E-state index is 12.6. The molecule has 2 amide bonds. The van der Waals surface area contributed by atoms with Crippen molar-refractivity contribution in [2.45, 2.75) is 13.8 Å². The average Bonchev–Trinajstić information content (AvgIpc) is 2.94. The van der Waals surface area contributed by atoms with Crippen LogP contribution in [0.4, 0.5) is 17.1 Å². The number of hydrogen-bond donors (Lipinski definition) is 1. The monoisotopic (exact) mass is 343 g/mol. The number of nitrogens with one attached hydrogen (secondary N) is 1. The topological polar surface area (TPSA) is 62.3 Å². The average molecular weight is 343 g/mol. The van der Waals surface area contributed by atoms with Gasteiger partial charge in [-0.2, -0.15) is 0 Å². The Kier molecular flexibility index (Phi) is 3.77. The van der Waals surface area contributed by atoms with Gasteiger partial charge in [-0.1, -0.05) is 36.4 Å². The number of pyridine rings is 1. The number of amides is 2. The summed E-state index contributed by atoms with van der Waals surface area (Å²) in [5, 5.41) is 2.40. The summed E-state index contributed by atoms with van der Waals surface area (Å²) in [6.07, 6.45) is 0. The second-order valence-corrected chi connectivity index (χ2v) is 6.17. The molecule has 5 nitrogen and oxygen atoms in total. The standard InChI is InChI=1S/C21H17N3O2/c1-13-17-18(21(26)23-20(17)25)19(14(2)22-13)24(15-9-5-3-6-10-15)16-11-7-4-8-12-16/h3-12H,1-2H3,(H,23,25,26). The van der Waals surface area contributed by atoms with Crippen molar-refractivity contribution in [3.05, 3.63) is 83.2 Å². The third kappa shape index (κ3) is 2.45. The normalized spacial score (nSPS) is 12.7. The van der Waals surface area contributed by atoms with Crippen LogP contribution in [0.2, 0.25) is 0 Å². The Labute approximate surface area is 151 Å². The fraction of sp³-hybridized carbons (Fsp3) is 0.0952. The highest BCUT2D eigenvalue weighted by molar-refractivity contribution is 6.25. The third-order valence-corrected chi connectivity index (χ3v) is 4.46. The predicted molar refractivity (Wildman–Crippen MR) is 100 cm³/mol. The van der Waals surface area contributed by atoms with Crippen LogP contribution in [-0.4, -0.2) is 16.8 Å². The van der Waals surface area contributed by atoms with Crippen molar-refractivity contribution in [3.8, 4) is 0 Å². The van der Waals surface area contributed by atoms with E-state index in [1.165, 1.54) is 0 Å². The van der Waals surface area contributed by atoms with Gasteiger partial charge in [0.2, 0.25) is 0 Å². The van der Waals surface area contributed by atoms with Crippen LogP contribution in [0.15, 0.2) is 60.7 Å². The summed E-state index contributed by atoms with van der Waals surface area (Å²) in [5.74, 6) is -0.775. The quantitative estimate of drug-likeness (QED) is 0.729. The number of benzene rings is 2. The lowest BCUT2D eigenvalue weighted by molar-refractivity contribution is 0.0879. The molecule has 1 N–H and O–H groups in total. The summed E-state index contributed by atoms with van der Waals surface area (Å²) >= 11 is 0. The fourth-order valence-corrected chi connectivity index (χ4v) is 3.40. The highest BCUT2D eigenvalue weighted by Gasteiger charge is 2.35. The number of nitrogens with zero attached hydrogens (tertiary/aromatic N) is 2. The van der Waals surface area contributed by atoms with E-state index in [1.807, 2.05) is 72.5 Å². The number of carbonyl (C=O) groups excluding carboxylic acids is 2. The second-order valence-electron chi connectivity index (χ2n) is 6.17. The molecule has 2 aromatic carbocycles. The van der Waals surface area contributed by atoms with Crippen LogP contribution >= 0.6 is 0 Å². The molecule has 128 valence electrons. The number of anilines is 3. The Morgan fingerprint density at radius 3 is 1.77 bits per heavy atom. The zero-order valence-corrected chi connectivity index (χ0v) is 14.5. The molecule has 0 spiro atoms. The molecular weight excluding hydrogens is 326 g/mol. The van der Waals surface area contributed by atoms with Crippen molar-refractivity contribution in [1.82, 2.24) is 10.3 Å². The van der Waals surface area contributed by atoms with Crippen molar-refractivity contribution in [2.24, 2.45) is 0 Å². The number of imide groups is 1. The highest BCUT2D eigenvalue weighted by atomic mass is 16.2. The van der Waals surface area contributed by atoms with Gasteiger partial charge < -0.3 is 4.90 Å².